The maximum atomic E-state index is 11.6. The van der Waals surface area contributed by atoms with E-state index < -0.39 is 11.9 Å². The minimum absolute atomic E-state index is 0.0839. The number of aromatic carboxylic acids is 2. The molecule has 2 unspecified atom stereocenters. The predicted octanol–water partition coefficient (Wildman–Crippen LogP) is 5.65. The first kappa shape index (κ1) is 27.6. The maximum Gasteiger partial charge on any atom is 0.335 e. The number of piperidine rings is 1. The summed E-state index contributed by atoms with van der Waals surface area (Å²) < 4.78 is 0. The first-order chi connectivity index (χ1) is 15.7. The number of unbranched alkanes of at least 4 members (excludes halogenated alkanes) is 4. The van der Waals surface area contributed by atoms with E-state index in [1.807, 2.05) is 0 Å². The summed E-state index contributed by atoms with van der Waals surface area (Å²) in [6, 6.07) is 3.45. The van der Waals surface area contributed by atoms with Gasteiger partial charge in [-0.05, 0) is 87.8 Å². The zero-order valence-corrected chi connectivity index (χ0v) is 20.9. The molecule has 0 spiro atoms. The van der Waals surface area contributed by atoms with Gasteiger partial charge in [-0.3, -0.25) is 0 Å². The second kappa shape index (κ2) is 13.9. The molecule has 1 aliphatic rings. The number of nitrogens with zero attached hydrogens (tertiary/aromatic N) is 1. The Kier molecular flexibility index (Phi) is 11.7. The van der Waals surface area contributed by atoms with Gasteiger partial charge in [0.2, 0.25) is 0 Å². The van der Waals surface area contributed by atoms with E-state index in [0.29, 0.717) is 5.56 Å². The van der Waals surface area contributed by atoms with Crippen molar-refractivity contribution in [2.24, 2.45) is 5.73 Å². The minimum Gasteiger partial charge on any atom is -0.478 e. The number of benzene rings is 1. The number of hydrogen-bond acceptors (Lipinski definition) is 4. The zero-order valence-electron chi connectivity index (χ0n) is 20.2. The molecule has 33 heavy (non-hydrogen) atoms. The largest absolute Gasteiger partial charge is 0.478 e. The van der Waals surface area contributed by atoms with Crippen LogP contribution in [0.25, 0.3) is 0 Å². The van der Waals surface area contributed by atoms with Crippen molar-refractivity contribution in [1.29, 1.82) is 0 Å². The number of carbonyl (C=O) groups is 2. The van der Waals surface area contributed by atoms with Crippen LogP contribution in [-0.2, 0) is 0 Å². The summed E-state index contributed by atoms with van der Waals surface area (Å²) in [5.74, 6) is -1.94. The standard InChI is InChI=1S/C26H41ClN2O4/c1-3-4-10-24(28)23(27)9-7-5-6-8-13-29-14-11-19(12-15-29)20-16-21(25(30)31)18(2)22(17-20)26(32)33/h16-17,19,23-24H,3-15,28H2,1-2H3,(H,30,31)(H,32,33). The normalized spacial score (nSPS) is 17.1. The molecule has 1 fully saturated rings. The van der Waals surface area contributed by atoms with Crippen molar-refractivity contribution < 1.29 is 19.8 Å². The molecule has 2 rings (SSSR count). The summed E-state index contributed by atoms with van der Waals surface area (Å²) in [6.45, 7) is 6.72. The average Bonchev–Trinajstić information content (AvgIpc) is 2.79. The second-order valence-corrected chi connectivity index (χ2v) is 10.1. The summed E-state index contributed by atoms with van der Waals surface area (Å²) in [6.07, 6.45) is 10.8. The lowest BCUT2D eigenvalue weighted by molar-refractivity contribution is 0.0696. The Labute approximate surface area is 203 Å². The van der Waals surface area contributed by atoms with Crippen LogP contribution in [0.1, 0.15) is 109 Å². The molecule has 0 bridgehead atoms. The molecule has 0 aromatic heterocycles. The van der Waals surface area contributed by atoms with E-state index in [1.165, 1.54) is 12.8 Å². The lowest BCUT2D eigenvalue weighted by atomic mass is 9.86. The fraction of sp³-hybridized carbons (Fsp3) is 0.692. The highest BCUT2D eigenvalue weighted by molar-refractivity contribution is 6.21. The van der Waals surface area contributed by atoms with Crippen molar-refractivity contribution in [2.75, 3.05) is 19.6 Å². The molecular weight excluding hydrogens is 440 g/mol. The quantitative estimate of drug-likeness (QED) is 0.235. The van der Waals surface area contributed by atoms with Crippen LogP contribution in [0.5, 0.6) is 0 Å². The van der Waals surface area contributed by atoms with Crippen LogP contribution < -0.4 is 5.73 Å². The fourth-order valence-corrected chi connectivity index (χ4v) is 5.05. The van der Waals surface area contributed by atoms with Gasteiger partial charge in [-0.15, -0.1) is 11.6 Å². The summed E-state index contributed by atoms with van der Waals surface area (Å²) in [4.78, 5) is 25.6. The van der Waals surface area contributed by atoms with Crippen LogP contribution >= 0.6 is 11.6 Å². The number of carboxylic acids is 2. The van der Waals surface area contributed by atoms with E-state index in [1.54, 1.807) is 19.1 Å². The number of halogens is 1. The van der Waals surface area contributed by atoms with Crippen molar-refractivity contribution in [3.63, 3.8) is 0 Å². The van der Waals surface area contributed by atoms with Crippen molar-refractivity contribution in [3.8, 4) is 0 Å². The van der Waals surface area contributed by atoms with Crippen LogP contribution in [0.3, 0.4) is 0 Å². The molecule has 4 N–H and O–H groups in total. The molecule has 1 aliphatic heterocycles. The van der Waals surface area contributed by atoms with Crippen molar-refractivity contribution in [3.05, 3.63) is 34.4 Å². The van der Waals surface area contributed by atoms with Gasteiger partial charge >= 0.3 is 11.9 Å². The SMILES string of the molecule is CCCCC(N)C(Cl)CCCCCCN1CCC(c2cc(C(=O)O)c(C)c(C(=O)O)c2)CC1. The summed E-state index contributed by atoms with van der Waals surface area (Å²) in [5.41, 5.74) is 7.50. The van der Waals surface area contributed by atoms with Gasteiger partial charge in [-0.2, -0.15) is 0 Å². The average molecular weight is 481 g/mol. The highest BCUT2D eigenvalue weighted by atomic mass is 35.5. The number of alkyl halides is 1. The van der Waals surface area contributed by atoms with Gasteiger partial charge in [0.15, 0.2) is 0 Å². The van der Waals surface area contributed by atoms with Crippen molar-refractivity contribution in [2.45, 2.75) is 95.4 Å². The van der Waals surface area contributed by atoms with Gasteiger partial charge in [0.05, 0.1) is 11.1 Å². The Morgan fingerprint density at radius 1 is 1.03 bits per heavy atom. The number of carboxylic acid groups (broad SMARTS) is 2. The Morgan fingerprint density at radius 2 is 1.61 bits per heavy atom. The van der Waals surface area contributed by atoms with E-state index in [2.05, 4.69) is 11.8 Å². The zero-order chi connectivity index (χ0) is 24.4. The van der Waals surface area contributed by atoms with Gasteiger partial charge in [0.1, 0.15) is 0 Å². The van der Waals surface area contributed by atoms with Crippen molar-refractivity contribution >= 4 is 23.5 Å². The van der Waals surface area contributed by atoms with Crippen LogP contribution in [0.15, 0.2) is 12.1 Å². The van der Waals surface area contributed by atoms with Crippen LogP contribution in [0.4, 0.5) is 0 Å². The molecule has 2 atom stereocenters. The Balaban J connectivity index is 1.72. The van der Waals surface area contributed by atoms with Crippen molar-refractivity contribution in [1.82, 2.24) is 4.90 Å². The topological polar surface area (TPSA) is 104 Å². The molecule has 1 saturated heterocycles. The Hall–Kier alpha value is -1.63. The smallest absolute Gasteiger partial charge is 0.335 e. The lowest BCUT2D eigenvalue weighted by Gasteiger charge is -2.32. The van der Waals surface area contributed by atoms with E-state index in [4.69, 9.17) is 17.3 Å². The molecule has 0 saturated carbocycles. The van der Waals surface area contributed by atoms with E-state index >= 15 is 0 Å². The molecule has 0 radical (unpaired) electrons. The van der Waals surface area contributed by atoms with Crippen LogP contribution in [0, 0.1) is 6.92 Å². The fourth-order valence-electron chi connectivity index (χ4n) is 4.77. The molecule has 6 nitrogen and oxygen atoms in total. The first-order valence-electron chi connectivity index (χ1n) is 12.5. The van der Waals surface area contributed by atoms with E-state index in [9.17, 15) is 19.8 Å². The Bertz CT molecular complexity index is 743. The number of likely N-dealkylation sites (tertiary alicyclic amines) is 1. The monoisotopic (exact) mass is 480 g/mol. The summed E-state index contributed by atoms with van der Waals surface area (Å²) in [5, 5.41) is 19.0. The third kappa shape index (κ3) is 8.58. The van der Waals surface area contributed by atoms with Crippen LogP contribution in [0.2, 0.25) is 0 Å². The third-order valence-electron chi connectivity index (χ3n) is 7.01. The molecule has 0 aliphatic carbocycles. The second-order valence-electron chi connectivity index (χ2n) is 9.49. The predicted molar refractivity (Wildman–Crippen MR) is 134 cm³/mol. The highest BCUT2D eigenvalue weighted by Gasteiger charge is 2.24. The number of hydrogen-bond donors (Lipinski definition) is 3. The van der Waals surface area contributed by atoms with Gasteiger partial charge in [0, 0.05) is 11.4 Å². The molecule has 1 aromatic carbocycles. The molecule has 1 aromatic rings. The van der Waals surface area contributed by atoms with E-state index in [0.717, 1.165) is 76.6 Å². The van der Waals surface area contributed by atoms with Gasteiger partial charge in [-0.1, -0.05) is 39.0 Å². The molecule has 7 heteroatoms. The molecule has 186 valence electrons. The maximum absolute atomic E-state index is 11.6. The number of nitrogens with two attached hydrogens (primary N) is 1. The number of rotatable bonds is 14. The third-order valence-corrected chi connectivity index (χ3v) is 7.55. The molecule has 1 heterocycles. The minimum atomic E-state index is -1.07. The lowest BCUT2D eigenvalue weighted by Crippen LogP contribution is -2.33. The summed E-state index contributed by atoms with van der Waals surface area (Å²) in [7, 11) is 0. The van der Waals surface area contributed by atoms with Crippen LogP contribution in [-0.4, -0.2) is 58.1 Å². The summed E-state index contributed by atoms with van der Waals surface area (Å²) >= 11 is 6.43. The van der Waals surface area contributed by atoms with E-state index in [-0.39, 0.29) is 28.5 Å². The Morgan fingerprint density at radius 3 is 2.15 bits per heavy atom. The highest BCUT2D eigenvalue weighted by Crippen LogP contribution is 2.31. The molecular formula is C26H41ClN2O4. The molecule has 0 amide bonds. The van der Waals surface area contributed by atoms with Gasteiger partial charge in [-0.25, -0.2) is 9.59 Å². The van der Waals surface area contributed by atoms with Gasteiger partial charge < -0.3 is 20.8 Å². The first-order valence-corrected chi connectivity index (χ1v) is 12.9. The van der Waals surface area contributed by atoms with Gasteiger partial charge in [0.25, 0.3) is 0 Å².